The van der Waals surface area contributed by atoms with Crippen LogP contribution in [0.2, 0.25) is 0 Å². The molecule has 1 aromatic rings. The Morgan fingerprint density at radius 2 is 2.05 bits per heavy atom. The van der Waals surface area contributed by atoms with E-state index in [4.69, 9.17) is 4.74 Å². The van der Waals surface area contributed by atoms with E-state index in [1.807, 2.05) is 25.1 Å². The number of amides is 1. The molecule has 4 heteroatoms. The number of aliphatic imine (C=N–C) groups is 1. The summed E-state index contributed by atoms with van der Waals surface area (Å²) in [6.45, 7) is 4.71. The average Bonchev–Trinajstić information content (AvgIpc) is 2.42. The van der Waals surface area contributed by atoms with E-state index in [0.29, 0.717) is 12.1 Å². The monoisotopic (exact) mass is 262 g/mol. The van der Waals surface area contributed by atoms with Crippen molar-refractivity contribution in [3.05, 3.63) is 35.4 Å². The number of hydrogen-bond donors (Lipinski definition) is 1. The second kappa shape index (κ2) is 8.29. The van der Waals surface area contributed by atoms with Gasteiger partial charge in [-0.1, -0.05) is 38.0 Å². The topological polar surface area (TPSA) is 50.7 Å². The van der Waals surface area contributed by atoms with Crippen molar-refractivity contribution >= 4 is 11.9 Å². The Morgan fingerprint density at radius 3 is 2.68 bits per heavy atom. The lowest BCUT2D eigenvalue weighted by atomic mass is 10.1. The van der Waals surface area contributed by atoms with E-state index in [-0.39, 0.29) is 11.9 Å². The van der Waals surface area contributed by atoms with Crippen LogP contribution in [0.4, 0.5) is 0 Å². The summed E-state index contributed by atoms with van der Waals surface area (Å²) in [7, 11) is 1.51. The van der Waals surface area contributed by atoms with Crippen LogP contribution >= 0.6 is 0 Å². The van der Waals surface area contributed by atoms with Gasteiger partial charge >= 0.3 is 0 Å². The molecule has 0 aliphatic rings. The summed E-state index contributed by atoms with van der Waals surface area (Å²) >= 11 is 0. The molecule has 19 heavy (non-hydrogen) atoms. The van der Waals surface area contributed by atoms with Crippen LogP contribution in [0.25, 0.3) is 0 Å². The SMILES string of the molecule is CCCCCN=C(NC(=O)c1ccccc1C)OC. The number of hydrogen-bond acceptors (Lipinski definition) is 3. The third kappa shape index (κ3) is 5.12. The van der Waals surface area contributed by atoms with E-state index in [9.17, 15) is 4.79 Å². The maximum Gasteiger partial charge on any atom is 0.291 e. The van der Waals surface area contributed by atoms with Crippen LogP contribution in [0.15, 0.2) is 29.3 Å². The summed E-state index contributed by atoms with van der Waals surface area (Å²) in [5, 5.41) is 2.69. The Morgan fingerprint density at radius 1 is 1.32 bits per heavy atom. The lowest BCUT2D eigenvalue weighted by molar-refractivity contribution is 0.0968. The fourth-order valence-corrected chi connectivity index (χ4v) is 1.69. The highest BCUT2D eigenvalue weighted by Gasteiger charge is 2.10. The van der Waals surface area contributed by atoms with E-state index < -0.39 is 0 Å². The van der Waals surface area contributed by atoms with Crippen molar-refractivity contribution < 1.29 is 9.53 Å². The Bertz CT molecular complexity index is 442. The molecule has 1 aromatic carbocycles. The van der Waals surface area contributed by atoms with Crippen molar-refractivity contribution in [1.29, 1.82) is 0 Å². The van der Waals surface area contributed by atoms with Gasteiger partial charge in [-0.05, 0) is 25.0 Å². The average molecular weight is 262 g/mol. The minimum Gasteiger partial charge on any atom is -0.468 e. The quantitative estimate of drug-likeness (QED) is 0.504. The molecular weight excluding hydrogens is 240 g/mol. The van der Waals surface area contributed by atoms with Gasteiger partial charge in [0.15, 0.2) is 0 Å². The second-order valence-electron chi connectivity index (χ2n) is 4.37. The number of rotatable bonds is 5. The highest BCUT2D eigenvalue weighted by atomic mass is 16.5. The molecule has 0 bridgehead atoms. The normalized spacial score (nSPS) is 11.2. The van der Waals surface area contributed by atoms with Crippen LogP contribution in [0.1, 0.15) is 42.1 Å². The van der Waals surface area contributed by atoms with Crippen molar-refractivity contribution in [3.8, 4) is 0 Å². The molecule has 0 heterocycles. The summed E-state index contributed by atoms with van der Waals surface area (Å²) in [5.41, 5.74) is 1.57. The van der Waals surface area contributed by atoms with Crippen molar-refractivity contribution in [2.24, 2.45) is 4.99 Å². The molecule has 0 aliphatic heterocycles. The molecule has 0 aliphatic carbocycles. The molecular formula is C15H22N2O2. The molecule has 1 amide bonds. The summed E-state index contributed by atoms with van der Waals surface area (Å²) in [6, 6.07) is 7.72. The van der Waals surface area contributed by atoms with Gasteiger partial charge in [-0.25, -0.2) is 4.99 Å². The highest BCUT2D eigenvalue weighted by Crippen LogP contribution is 2.06. The Balaban J connectivity index is 2.61. The van der Waals surface area contributed by atoms with Gasteiger partial charge in [-0.3, -0.25) is 10.1 Å². The number of unbranched alkanes of at least 4 members (excludes halogenated alkanes) is 2. The van der Waals surface area contributed by atoms with Crippen LogP contribution in [0.3, 0.4) is 0 Å². The van der Waals surface area contributed by atoms with Gasteiger partial charge in [0, 0.05) is 12.1 Å². The Labute approximate surface area is 114 Å². The number of nitrogens with zero attached hydrogens (tertiary/aromatic N) is 1. The fourth-order valence-electron chi connectivity index (χ4n) is 1.69. The number of amidine groups is 1. The number of carbonyl (C=O) groups excluding carboxylic acids is 1. The zero-order valence-electron chi connectivity index (χ0n) is 11.9. The maximum atomic E-state index is 12.1. The summed E-state index contributed by atoms with van der Waals surface area (Å²) in [5.74, 6) is -0.186. The van der Waals surface area contributed by atoms with Crippen molar-refractivity contribution in [2.75, 3.05) is 13.7 Å². The predicted molar refractivity (Wildman–Crippen MR) is 77.5 cm³/mol. The van der Waals surface area contributed by atoms with Crippen LogP contribution in [0, 0.1) is 6.92 Å². The van der Waals surface area contributed by atoms with Crippen molar-refractivity contribution in [1.82, 2.24) is 5.32 Å². The number of nitrogens with one attached hydrogen (secondary N) is 1. The number of ether oxygens (including phenoxy) is 1. The largest absolute Gasteiger partial charge is 0.468 e. The lowest BCUT2D eigenvalue weighted by Gasteiger charge is -2.08. The highest BCUT2D eigenvalue weighted by molar-refractivity contribution is 6.04. The second-order valence-corrected chi connectivity index (χ2v) is 4.37. The zero-order chi connectivity index (χ0) is 14.1. The molecule has 104 valence electrons. The van der Waals surface area contributed by atoms with Crippen LogP contribution < -0.4 is 5.32 Å². The van der Waals surface area contributed by atoms with E-state index in [2.05, 4.69) is 17.2 Å². The maximum absolute atomic E-state index is 12.1. The minimum absolute atomic E-state index is 0.186. The minimum atomic E-state index is -0.186. The standard InChI is InChI=1S/C15H22N2O2/c1-4-5-8-11-16-15(19-3)17-14(18)13-10-7-6-9-12(13)2/h6-7,9-10H,4-5,8,11H2,1-3H3,(H,16,17,18). The van der Waals surface area contributed by atoms with Crippen LogP contribution in [-0.4, -0.2) is 25.6 Å². The molecule has 0 spiro atoms. The van der Waals surface area contributed by atoms with Gasteiger partial charge in [-0.15, -0.1) is 0 Å². The van der Waals surface area contributed by atoms with Gasteiger partial charge in [0.25, 0.3) is 11.9 Å². The van der Waals surface area contributed by atoms with E-state index >= 15 is 0 Å². The molecule has 1 rings (SSSR count). The van der Waals surface area contributed by atoms with Gasteiger partial charge < -0.3 is 4.74 Å². The van der Waals surface area contributed by atoms with Crippen molar-refractivity contribution in [3.63, 3.8) is 0 Å². The zero-order valence-corrected chi connectivity index (χ0v) is 11.9. The summed E-state index contributed by atoms with van der Waals surface area (Å²) < 4.78 is 5.08. The molecule has 0 radical (unpaired) electrons. The molecule has 1 N–H and O–H groups in total. The number of benzene rings is 1. The van der Waals surface area contributed by atoms with E-state index in [1.54, 1.807) is 6.07 Å². The third-order valence-electron chi connectivity index (χ3n) is 2.82. The third-order valence-corrected chi connectivity index (χ3v) is 2.82. The fraction of sp³-hybridized carbons (Fsp3) is 0.467. The number of aryl methyl sites for hydroxylation is 1. The Kier molecular flexibility index (Phi) is 6.64. The first-order chi connectivity index (χ1) is 9.19. The molecule has 0 atom stereocenters. The smallest absolute Gasteiger partial charge is 0.291 e. The van der Waals surface area contributed by atoms with Crippen molar-refractivity contribution in [2.45, 2.75) is 33.1 Å². The first-order valence-electron chi connectivity index (χ1n) is 6.64. The lowest BCUT2D eigenvalue weighted by Crippen LogP contribution is -2.32. The number of methoxy groups -OCH3 is 1. The number of carbonyl (C=O) groups is 1. The summed E-state index contributed by atoms with van der Waals surface area (Å²) in [6.07, 6.45) is 3.28. The molecule has 0 saturated carbocycles. The molecule has 0 saturated heterocycles. The van der Waals surface area contributed by atoms with Gasteiger partial charge in [0.2, 0.25) is 0 Å². The molecule has 4 nitrogen and oxygen atoms in total. The van der Waals surface area contributed by atoms with Crippen LogP contribution in [-0.2, 0) is 4.74 Å². The van der Waals surface area contributed by atoms with Gasteiger partial charge in [0.1, 0.15) is 0 Å². The first-order valence-corrected chi connectivity index (χ1v) is 6.64. The molecule has 0 aromatic heterocycles. The Hall–Kier alpha value is -1.84. The van der Waals surface area contributed by atoms with Gasteiger partial charge in [-0.2, -0.15) is 0 Å². The van der Waals surface area contributed by atoms with E-state index in [1.165, 1.54) is 7.11 Å². The van der Waals surface area contributed by atoms with Crippen LogP contribution in [0.5, 0.6) is 0 Å². The first kappa shape index (κ1) is 15.2. The molecule has 0 unspecified atom stereocenters. The van der Waals surface area contributed by atoms with Gasteiger partial charge in [0.05, 0.1) is 7.11 Å². The summed E-state index contributed by atoms with van der Waals surface area (Å²) in [4.78, 5) is 16.3. The molecule has 0 fully saturated rings. The van der Waals surface area contributed by atoms with E-state index in [0.717, 1.165) is 24.8 Å². The predicted octanol–water partition coefficient (Wildman–Crippen LogP) is 2.92.